The molecule has 0 radical (unpaired) electrons. The maximum Gasteiger partial charge on any atom is 0.323 e. The van der Waals surface area contributed by atoms with Crippen molar-refractivity contribution in [3.63, 3.8) is 0 Å². The fraction of sp³-hybridized carbons (Fsp3) is 0.0541. The highest BCUT2D eigenvalue weighted by Gasteiger charge is 2.28. The van der Waals surface area contributed by atoms with E-state index >= 15 is 0 Å². The van der Waals surface area contributed by atoms with Gasteiger partial charge in [0, 0.05) is 33.3 Å². The van der Waals surface area contributed by atoms with E-state index in [1.807, 2.05) is 0 Å². The molecule has 31 heteroatoms. The smallest absolute Gasteiger partial charge is 0.321 e. The Balaban J connectivity index is 1.31. The van der Waals surface area contributed by atoms with E-state index in [9.17, 15) is 92.2 Å². The molecule has 360 valence electrons. The summed E-state index contributed by atoms with van der Waals surface area (Å²) in [6, 6.07) is 10.8. The fourth-order valence-electron chi connectivity index (χ4n) is 6.73. The van der Waals surface area contributed by atoms with Crippen LogP contribution in [0.2, 0.25) is 0 Å². The number of carbonyl (C=O) groups is 3. The number of anilines is 4. The largest absolute Gasteiger partial charge is 0.323 e. The molecule has 0 atom stereocenters. The Morgan fingerprint density at radius 1 is 0.382 bits per heavy atom. The van der Waals surface area contributed by atoms with Crippen LogP contribution in [0.1, 0.15) is 31.8 Å². The molecule has 6 aromatic rings. The van der Waals surface area contributed by atoms with Gasteiger partial charge in [0.1, 0.15) is 9.79 Å². The van der Waals surface area contributed by atoms with Crippen molar-refractivity contribution in [3.05, 3.63) is 107 Å². The van der Waals surface area contributed by atoms with E-state index in [4.69, 9.17) is 0 Å². The lowest BCUT2D eigenvalue weighted by atomic mass is 10.0. The van der Waals surface area contributed by atoms with Crippen LogP contribution in [-0.4, -0.2) is 95.7 Å². The van der Waals surface area contributed by atoms with Crippen molar-refractivity contribution < 1.29 is 92.2 Å². The van der Waals surface area contributed by atoms with E-state index in [0.29, 0.717) is 48.5 Å². The molecule has 0 aliphatic rings. The lowest BCUT2D eigenvalue weighted by Gasteiger charge is -2.17. The van der Waals surface area contributed by atoms with Crippen molar-refractivity contribution in [2.75, 3.05) is 21.3 Å². The molecular weight excluding hydrogens is 1030 g/mol. The van der Waals surface area contributed by atoms with Gasteiger partial charge in [-0.1, -0.05) is 12.1 Å². The Hall–Kier alpha value is -6.49. The molecule has 0 aromatic heterocycles. The van der Waals surface area contributed by atoms with Crippen molar-refractivity contribution >= 4 is 123 Å². The summed E-state index contributed by atoms with van der Waals surface area (Å²) in [4.78, 5) is 34.2. The molecule has 0 aliphatic carbocycles. The van der Waals surface area contributed by atoms with Gasteiger partial charge in [-0.3, -0.25) is 36.9 Å². The lowest BCUT2D eigenvalue weighted by molar-refractivity contribution is 0.101. The quantitative estimate of drug-likeness (QED) is 0.0766. The topological polar surface area (TPSA) is 426 Å². The average Bonchev–Trinajstić information content (AvgIpc) is 3.19. The first-order valence-corrected chi connectivity index (χ1v) is 26.7. The number of urea groups is 1. The highest BCUT2D eigenvalue weighted by molar-refractivity contribution is 7.87. The number of hydrogen-bond donors (Lipinski definition) is 10. The first kappa shape index (κ1) is 50.9. The molecule has 6 rings (SSSR count). The molecule has 0 heterocycles. The van der Waals surface area contributed by atoms with Gasteiger partial charge in [-0.2, -0.15) is 50.5 Å². The minimum atomic E-state index is -5.39. The number of rotatable bonds is 12. The van der Waals surface area contributed by atoms with Gasteiger partial charge in [0.15, 0.2) is 0 Å². The summed E-state index contributed by atoms with van der Waals surface area (Å²) in [6.07, 6.45) is 0. The van der Waals surface area contributed by atoms with Crippen LogP contribution < -0.4 is 21.3 Å². The minimum absolute atomic E-state index is 0.0104. The predicted molar refractivity (Wildman–Crippen MR) is 238 cm³/mol. The van der Waals surface area contributed by atoms with E-state index in [1.165, 1.54) is 50.2 Å². The summed E-state index contributed by atoms with van der Waals surface area (Å²) in [6.45, 7) is 2.65. The van der Waals surface area contributed by atoms with E-state index < -0.39 is 141 Å². The molecular formula is C37H30N4O21S6. The summed E-state index contributed by atoms with van der Waals surface area (Å²) in [5, 5.41) is 6.87. The van der Waals surface area contributed by atoms with Crippen molar-refractivity contribution in [3.8, 4) is 0 Å². The third-order valence-electron chi connectivity index (χ3n) is 9.82. The lowest BCUT2D eigenvalue weighted by Crippen LogP contribution is -2.22. The van der Waals surface area contributed by atoms with Gasteiger partial charge in [-0.15, -0.1) is 0 Å². The molecule has 4 amide bonds. The van der Waals surface area contributed by atoms with Gasteiger partial charge in [0.25, 0.3) is 72.5 Å². The third-order valence-corrected chi connectivity index (χ3v) is 14.9. The molecule has 10 N–H and O–H groups in total. The van der Waals surface area contributed by atoms with Gasteiger partial charge in [0.2, 0.25) is 0 Å². The maximum absolute atomic E-state index is 13.7. The third kappa shape index (κ3) is 10.8. The maximum atomic E-state index is 13.7. The molecule has 0 saturated heterocycles. The van der Waals surface area contributed by atoms with Gasteiger partial charge >= 0.3 is 6.03 Å². The Bertz CT molecular complexity index is 3670. The van der Waals surface area contributed by atoms with Crippen molar-refractivity contribution in [2.45, 2.75) is 43.2 Å². The van der Waals surface area contributed by atoms with Gasteiger partial charge in [0.05, 0.1) is 31.0 Å². The summed E-state index contributed by atoms with van der Waals surface area (Å²) in [7, 11) is -31.4. The summed E-state index contributed by atoms with van der Waals surface area (Å²) in [5.74, 6) is -2.24. The van der Waals surface area contributed by atoms with Crippen molar-refractivity contribution in [1.82, 2.24) is 0 Å². The zero-order chi connectivity index (χ0) is 50.9. The molecule has 0 fully saturated rings. The van der Waals surface area contributed by atoms with Crippen LogP contribution in [0.4, 0.5) is 27.5 Å². The molecule has 68 heavy (non-hydrogen) atoms. The summed E-state index contributed by atoms with van der Waals surface area (Å²) < 4.78 is 205. The number of fused-ring (bicyclic) bond motifs is 2. The van der Waals surface area contributed by atoms with Crippen LogP contribution in [0.3, 0.4) is 0 Å². The van der Waals surface area contributed by atoms with Crippen LogP contribution >= 0.6 is 0 Å². The Morgan fingerprint density at radius 3 is 0.956 bits per heavy atom. The molecule has 0 spiro atoms. The second kappa shape index (κ2) is 17.5. The van der Waals surface area contributed by atoms with Gasteiger partial charge in [-0.25, -0.2) is 4.79 Å². The second-order valence-corrected chi connectivity index (χ2v) is 22.7. The standard InChI is InChI=1S/C37H30N4O21S6/c1-17-25(35(42)38-29-13-21(63(45,46)47)9-19-11-23(65(51,52)53)15-31(33(19)29)67(57,58)59)5-3-7-27(17)40-37(44)41-28-8-4-6-26(18(28)2)36(43)39-30-14-22(64(48,49)50)10-20-12-24(66(54,55)56)16-32(34(20)30)68(60,61)62/h3-16H,1-2H3,(H,38,42)(H,39,43)(H2,40,41,44)(H,45,46,47)(H,48,49,50)(H,51,52,53)(H,54,55,56)(H,57,58,59)(H,60,61,62). The van der Waals surface area contributed by atoms with Crippen molar-refractivity contribution in [2.24, 2.45) is 0 Å². The number of benzene rings is 6. The Kier molecular flexibility index (Phi) is 13.1. The first-order valence-electron chi connectivity index (χ1n) is 18.0. The number of amides is 4. The number of carbonyl (C=O) groups excluding carboxylic acids is 3. The number of hydrogen-bond acceptors (Lipinski definition) is 15. The van der Waals surface area contributed by atoms with Crippen LogP contribution in [0.5, 0.6) is 0 Å². The van der Waals surface area contributed by atoms with E-state index in [-0.39, 0.29) is 33.6 Å². The molecule has 0 unspecified atom stereocenters. The average molecular weight is 1060 g/mol. The molecule has 0 saturated carbocycles. The van der Waals surface area contributed by atoms with Crippen LogP contribution in [0.15, 0.2) is 114 Å². The van der Waals surface area contributed by atoms with Crippen LogP contribution in [-0.2, 0) is 60.7 Å². The van der Waals surface area contributed by atoms with Crippen molar-refractivity contribution in [1.29, 1.82) is 0 Å². The molecule has 25 nitrogen and oxygen atoms in total. The van der Waals surface area contributed by atoms with Gasteiger partial charge < -0.3 is 21.3 Å². The zero-order valence-electron chi connectivity index (χ0n) is 33.8. The minimum Gasteiger partial charge on any atom is -0.321 e. The van der Waals surface area contributed by atoms with Gasteiger partial charge in [-0.05, 0) is 109 Å². The van der Waals surface area contributed by atoms with E-state index in [0.717, 1.165) is 0 Å². The van der Waals surface area contributed by atoms with E-state index in [2.05, 4.69) is 21.3 Å². The molecule has 0 aliphatic heterocycles. The molecule has 0 bridgehead atoms. The normalized spacial score (nSPS) is 12.7. The first-order chi connectivity index (χ1) is 31.0. The van der Waals surface area contributed by atoms with Crippen LogP contribution in [0, 0.1) is 13.8 Å². The Labute approximate surface area is 384 Å². The Morgan fingerprint density at radius 2 is 0.676 bits per heavy atom. The summed E-state index contributed by atoms with van der Waals surface area (Å²) in [5.41, 5.74) is -2.03. The van der Waals surface area contributed by atoms with Crippen LogP contribution in [0.25, 0.3) is 21.5 Å². The SMILES string of the molecule is Cc1c(NC(=O)Nc2cccc(C(=O)Nc3cc(S(=O)(=O)O)cc4cc(S(=O)(=O)O)cc(S(=O)(=O)O)c34)c2C)cccc1C(=O)Nc1cc(S(=O)(=O)O)cc2cc(S(=O)(=O)O)cc(S(=O)(=O)O)c12. The zero-order valence-corrected chi connectivity index (χ0v) is 38.7. The summed E-state index contributed by atoms with van der Waals surface area (Å²) >= 11 is 0. The second-order valence-electron chi connectivity index (χ2n) is 14.3. The highest BCUT2D eigenvalue weighted by atomic mass is 32.2. The fourth-order valence-corrected chi connectivity index (χ4v) is 10.6. The highest BCUT2D eigenvalue weighted by Crippen LogP contribution is 2.38. The molecule has 6 aromatic carbocycles. The van der Waals surface area contributed by atoms with E-state index in [1.54, 1.807) is 0 Å². The predicted octanol–water partition coefficient (Wildman–Crippen LogP) is 4.24. The number of nitrogens with one attached hydrogen (secondary N) is 4. The monoisotopic (exact) mass is 1060 g/mol.